The molecule has 1 aliphatic rings. The van der Waals surface area contributed by atoms with Gasteiger partial charge in [0.1, 0.15) is 0 Å². The second-order valence-corrected chi connectivity index (χ2v) is 9.46. The number of nitrogens with zero attached hydrogens (tertiary/aromatic N) is 2. The van der Waals surface area contributed by atoms with E-state index in [1.165, 1.54) is 4.31 Å². The maximum absolute atomic E-state index is 12.8. The Labute approximate surface area is 173 Å². The molecule has 0 N–H and O–H groups in total. The highest BCUT2D eigenvalue weighted by atomic mass is 32.2. The van der Waals surface area contributed by atoms with Crippen LogP contribution in [-0.2, 0) is 27.1 Å². The fourth-order valence-corrected chi connectivity index (χ4v) is 4.75. The quantitative estimate of drug-likeness (QED) is 0.696. The maximum atomic E-state index is 12.8. The Kier molecular flexibility index (Phi) is 7.05. The Morgan fingerprint density at radius 2 is 1.55 bits per heavy atom. The van der Waals surface area contributed by atoms with Crippen molar-refractivity contribution >= 4 is 15.9 Å². The summed E-state index contributed by atoms with van der Waals surface area (Å²) in [4.78, 5) is 14.5. The van der Waals surface area contributed by atoms with Crippen LogP contribution in [0.1, 0.15) is 35.3 Å². The molecule has 156 valence electrons. The first-order valence-electron chi connectivity index (χ1n) is 9.87. The van der Waals surface area contributed by atoms with Gasteiger partial charge in [-0.2, -0.15) is 4.31 Å². The van der Waals surface area contributed by atoms with Gasteiger partial charge in [-0.3, -0.25) is 4.79 Å². The van der Waals surface area contributed by atoms with Crippen LogP contribution in [0.15, 0.2) is 54.6 Å². The summed E-state index contributed by atoms with van der Waals surface area (Å²) < 4.78 is 32.4. The number of carbonyl (C=O) groups excluding carboxylic acids is 1. The molecule has 0 spiro atoms. The number of hydrogen-bond acceptors (Lipinski definition) is 4. The van der Waals surface area contributed by atoms with Crippen molar-refractivity contribution in [1.82, 2.24) is 9.21 Å². The molecule has 2 aromatic carbocycles. The average Bonchev–Trinajstić information content (AvgIpc) is 2.72. The molecule has 0 aromatic heterocycles. The van der Waals surface area contributed by atoms with E-state index >= 15 is 0 Å². The largest absolute Gasteiger partial charge is 0.374 e. The van der Waals surface area contributed by atoms with Crippen LogP contribution >= 0.6 is 0 Å². The number of carbonyl (C=O) groups is 1. The van der Waals surface area contributed by atoms with Crippen LogP contribution in [-0.4, -0.2) is 55.8 Å². The minimum atomic E-state index is -3.39. The van der Waals surface area contributed by atoms with Gasteiger partial charge in [-0.1, -0.05) is 42.5 Å². The summed E-state index contributed by atoms with van der Waals surface area (Å²) in [6.07, 6.45) is 0.158. The Balaban J connectivity index is 1.55. The molecule has 1 saturated heterocycles. The molecule has 0 saturated carbocycles. The van der Waals surface area contributed by atoms with Crippen molar-refractivity contribution in [1.29, 1.82) is 0 Å². The molecule has 6 nitrogen and oxygen atoms in total. The zero-order valence-corrected chi connectivity index (χ0v) is 17.8. The zero-order valence-electron chi connectivity index (χ0n) is 17.0. The number of piperazine rings is 1. The van der Waals surface area contributed by atoms with Gasteiger partial charge in [-0.15, -0.1) is 0 Å². The number of hydrogen-bond donors (Lipinski definition) is 0. The molecule has 1 amide bonds. The minimum Gasteiger partial charge on any atom is -0.374 e. The SMILES string of the molecule is CC(C)OCc1ccc(C(=O)N2CCN(S(=O)(=O)Cc3ccccc3)CC2)cc1. The van der Waals surface area contributed by atoms with E-state index in [-0.39, 0.29) is 17.8 Å². The van der Waals surface area contributed by atoms with Crippen LogP contribution in [0.4, 0.5) is 0 Å². The fourth-order valence-electron chi connectivity index (χ4n) is 3.23. The monoisotopic (exact) mass is 416 g/mol. The summed E-state index contributed by atoms with van der Waals surface area (Å²) in [5, 5.41) is 0. The normalized spacial score (nSPS) is 15.6. The van der Waals surface area contributed by atoms with Crippen LogP contribution in [0.2, 0.25) is 0 Å². The van der Waals surface area contributed by atoms with Gasteiger partial charge in [0.2, 0.25) is 10.0 Å². The van der Waals surface area contributed by atoms with E-state index in [2.05, 4.69) is 0 Å². The number of ether oxygens (including phenoxy) is 1. The highest BCUT2D eigenvalue weighted by molar-refractivity contribution is 7.88. The molecule has 1 heterocycles. The van der Waals surface area contributed by atoms with Gasteiger partial charge in [0.05, 0.1) is 18.5 Å². The first-order valence-corrected chi connectivity index (χ1v) is 11.5. The van der Waals surface area contributed by atoms with Crippen molar-refractivity contribution in [2.75, 3.05) is 26.2 Å². The van der Waals surface area contributed by atoms with Crippen molar-refractivity contribution in [3.63, 3.8) is 0 Å². The topological polar surface area (TPSA) is 66.9 Å². The molecule has 0 atom stereocenters. The van der Waals surface area contributed by atoms with Crippen molar-refractivity contribution in [3.8, 4) is 0 Å². The van der Waals surface area contributed by atoms with Gasteiger partial charge in [0.25, 0.3) is 5.91 Å². The fraction of sp³-hybridized carbons (Fsp3) is 0.409. The van der Waals surface area contributed by atoms with Crippen LogP contribution in [0.3, 0.4) is 0 Å². The molecule has 0 bridgehead atoms. The maximum Gasteiger partial charge on any atom is 0.253 e. The zero-order chi connectivity index (χ0) is 20.9. The lowest BCUT2D eigenvalue weighted by Gasteiger charge is -2.34. The second-order valence-electron chi connectivity index (χ2n) is 7.49. The van der Waals surface area contributed by atoms with Crippen LogP contribution in [0, 0.1) is 0 Å². The van der Waals surface area contributed by atoms with Crippen molar-refractivity contribution in [2.45, 2.75) is 32.3 Å². The number of amides is 1. The van der Waals surface area contributed by atoms with E-state index in [1.807, 2.05) is 56.3 Å². The smallest absolute Gasteiger partial charge is 0.253 e. The third-order valence-corrected chi connectivity index (χ3v) is 6.75. The van der Waals surface area contributed by atoms with E-state index in [1.54, 1.807) is 17.0 Å². The number of benzene rings is 2. The van der Waals surface area contributed by atoms with Crippen molar-refractivity contribution in [3.05, 3.63) is 71.3 Å². The molecule has 2 aromatic rings. The van der Waals surface area contributed by atoms with Gasteiger partial charge in [-0.25, -0.2) is 8.42 Å². The summed E-state index contributed by atoms with van der Waals surface area (Å²) in [6, 6.07) is 16.6. The number of sulfonamides is 1. The summed E-state index contributed by atoms with van der Waals surface area (Å²) in [5.74, 6) is -0.0803. The molecule has 29 heavy (non-hydrogen) atoms. The standard InChI is InChI=1S/C22H28N2O4S/c1-18(2)28-16-19-8-10-21(11-9-19)22(25)23-12-14-24(15-13-23)29(26,27)17-20-6-4-3-5-7-20/h3-11,18H,12-17H2,1-2H3. The Hall–Kier alpha value is -2.22. The number of rotatable bonds is 7. The van der Waals surface area contributed by atoms with E-state index in [0.717, 1.165) is 11.1 Å². The summed E-state index contributed by atoms with van der Waals surface area (Å²) in [7, 11) is -3.39. The van der Waals surface area contributed by atoms with Crippen molar-refractivity contribution in [2.24, 2.45) is 0 Å². The predicted octanol–water partition coefficient (Wildman–Crippen LogP) is 2.90. The minimum absolute atomic E-state index is 0.0122. The van der Waals surface area contributed by atoms with Gasteiger partial charge >= 0.3 is 0 Å². The highest BCUT2D eigenvalue weighted by Crippen LogP contribution is 2.16. The van der Waals surface area contributed by atoms with Crippen LogP contribution < -0.4 is 0 Å². The molecule has 1 aliphatic heterocycles. The van der Waals surface area contributed by atoms with E-state index < -0.39 is 10.0 Å². The van der Waals surface area contributed by atoms with Gasteiger partial charge in [0, 0.05) is 31.7 Å². The third-order valence-electron chi connectivity index (χ3n) is 4.90. The second kappa shape index (κ2) is 9.52. The molecule has 3 rings (SSSR count). The van der Waals surface area contributed by atoms with Gasteiger partial charge < -0.3 is 9.64 Å². The van der Waals surface area contributed by atoms with E-state index in [4.69, 9.17) is 4.74 Å². The van der Waals surface area contributed by atoms with Crippen LogP contribution in [0.25, 0.3) is 0 Å². The lowest BCUT2D eigenvalue weighted by Crippen LogP contribution is -2.50. The highest BCUT2D eigenvalue weighted by Gasteiger charge is 2.29. The van der Waals surface area contributed by atoms with E-state index in [0.29, 0.717) is 38.3 Å². The summed E-state index contributed by atoms with van der Waals surface area (Å²) in [6.45, 7) is 5.91. The van der Waals surface area contributed by atoms with Gasteiger partial charge in [-0.05, 0) is 37.1 Å². The lowest BCUT2D eigenvalue weighted by atomic mass is 10.1. The van der Waals surface area contributed by atoms with Crippen molar-refractivity contribution < 1.29 is 17.9 Å². The Morgan fingerprint density at radius 3 is 2.14 bits per heavy atom. The van der Waals surface area contributed by atoms with Gasteiger partial charge in [0.15, 0.2) is 0 Å². The Morgan fingerprint density at radius 1 is 0.931 bits per heavy atom. The summed E-state index contributed by atoms with van der Waals surface area (Å²) >= 11 is 0. The predicted molar refractivity (Wildman–Crippen MR) is 113 cm³/mol. The average molecular weight is 417 g/mol. The first kappa shape index (κ1) is 21.5. The molecule has 0 aliphatic carbocycles. The third kappa shape index (κ3) is 5.88. The van der Waals surface area contributed by atoms with Crippen LogP contribution in [0.5, 0.6) is 0 Å². The lowest BCUT2D eigenvalue weighted by molar-refractivity contribution is 0.0654. The summed E-state index contributed by atoms with van der Waals surface area (Å²) in [5.41, 5.74) is 2.40. The van der Waals surface area contributed by atoms with E-state index in [9.17, 15) is 13.2 Å². The Bertz CT molecular complexity index is 904. The molecule has 0 radical (unpaired) electrons. The molecular weight excluding hydrogens is 388 g/mol. The molecular formula is C22H28N2O4S. The molecule has 1 fully saturated rings. The molecule has 0 unspecified atom stereocenters. The first-order chi connectivity index (χ1) is 13.8. The molecule has 7 heteroatoms.